The summed E-state index contributed by atoms with van der Waals surface area (Å²) in [6.45, 7) is 2.25. The SMILES string of the molecule is C[C@H]1CCc2ccccc2[C@H]1NN. The van der Waals surface area contributed by atoms with E-state index in [1.54, 1.807) is 0 Å². The number of nitrogens with two attached hydrogens (primary N) is 1. The average molecular weight is 176 g/mol. The number of fused-ring (bicyclic) bond motifs is 1. The molecule has 0 unspecified atom stereocenters. The van der Waals surface area contributed by atoms with E-state index >= 15 is 0 Å². The molecule has 0 aromatic heterocycles. The minimum Gasteiger partial charge on any atom is -0.271 e. The maximum Gasteiger partial charge on any atom is 0.0488 e. The second kappa shape index (κ2) is 3.48. The van der Waals surface area contributed by atoms with Crippen LogP contribution in [0.3, 0.4) is 0 Å². The van der Waals surface area contributed by atoms with Crippen molar-refractivity contribution in [3.63, 3.8) is 0 Å². The van der Waals surface area contributed by atoms with Gasteiger partial charge in [0.05, 0.1) is 0 Å². The summed E-state index contributed by atoms with van der Waals surface area (Å²) in [4.78, 5) is 0. The van der Waals surface area contributed by atoms with Gasteiger partial charge in [-0.1, -0.05) is 31.2 Å². The number of nitrogens with one attached hydrogen (secondary N) is 1. The lowest BCUT2D eigenvalue weighted by molar-refractivity contribution is 0.349. The van der Waals surface area contributed by atoms with Gasteiger partial charge >= 0.3 is 0 Å². The van der Waals surface area contributed by atoms with Gasteiger partial charge in [-0.15, -0.1) is 0 Å². The van der Waals surface area contributed by atoms with Crippen LogP contribution in [0.1, 0.15) is 30.5 Å². The largest absolute Gasteiger partial charge is 0.271 e. The maximum atomic E-state index is 5.56. The van der Waals surface area contributed by atoms with E-state index in [2.05, 4.69) is 36.6 Å². The topological polar surface area (TPSA) is 38.0 Å². The smallest absolute Gasteiger partial charge is 0.0488 e. The number of hydrogen-bond acceptors (Lipinski definition) is 2. The molecule has 0 amide bonds. The summed E-state index contributed by atoms with van der Waals surface area (Å²) in [5.74, 6) is 6.20. The first-order valence-electron chi connectivity index (χ1n) is 4.87. The highest BCUT2D eigenvalue weighted by atomic mass is 15.2. The number of rotatable bonds is 1. The summed E-state index contributed by atoms with van der Waals surface area (Å²) >= 11 is 0. The summed E-state index contributed by atoms with van der Waals surface area (Å²) in [6, 6.07) is 8.90. The Hall–Kier alpha value is -0.860. The molecule has 0 bridgehead atoms. The predicted molar refractivity (Wildman–Crippen MR) is 54.0 cm³/mol. The highest BCUT2D eigenvalue weighted by Gasteiger charge is 2.24. The first-order chi connectivity index (χ1) is 6.33. The van der Waals surface area contributed by atoms with Crippen LogP contribution in [-0.2, 0) is 6.42 Å². The molecule has 0 radical (unpaired) electrons. The minimum absolute atomic E-state index is 0.338. The van der Waals surface area contributed by atoms with Crippen LogP contribution >= 0.6 is 0 Å². The number of benzene rings is 1. The third-order valence-corrected chi connectivity index (χ3v) is 3.01. The number of aryl methyl sites for hydroxylation is 1. The van der Waals surface area contributed by atoms with E-state index in [0.717, 1.165) is 0 Å². The molecule has 0 spiro atoms. The lowest BCUT2D eigenvalue weighted by Crippen LogP contribution is -2.35. The lowest BCUT2D eigenvalue weighted by Gasteiger charge is -2.30. The Morgan fingerprint density at radius 3 is 2.92 bits per heavy atom. The van der Waals surface area contributed by atoms with Gasteiger partial charge in [0.25, 0.3) is 0 Å². The van der Waals surface area contributed by atoms with Crippen molar-refractivity contribution in [1.29, 1.82) is 0 Å². The zero-order valence-corrected chi connectivity index (χ0v) is 7.96. The van der Waals surface area contributed by atoms with E-state index in [0.29, 0.717) is 12.0 Å². The standard InChI is InChI=1S/C11H16N2/c1-8-6-7-9-4-2-3-5-10(9)11(8)13-12/h2-5,8,11,13H,6-7,12H2,1H3/t8-,11-/m0/s1. The fraction of sp³-hybridized carbons (Fsp3) is 0.455. The Morgan fingerprint density at radius 2 is 2.15 bits per heavy atom. The Morgan fingerprint density at radius 1 is 1.38 bits per heavy atom. The van der Waals surface area contributed by atoms with Gasteiger partial charge in [-0.2, -0.15) is 0 Å². The van der Waals surface area contributed by atoms with Crippen LogP contribution in [-0.4, -0.2) is 0 Å². The van der Waals surface area contributed by atoms with Gasteiger partial charge in [-0.05, 0) is 29.9 Å². The molecule has 0 saturated heterocycles. The molecule has 2 atom stereocenters. The van der Waals surface area contributed by atoms with Crippen LogP contribution in [0.5, 0.6) is 0 Å². The molecule has 1 aromatic carbocycles. The first kappa shape index (κ1) is 8.73. The van der Waals surface area contributed by atoms with E-state index in [4.69, 9.17) is 5.84 Å². The Labute approximate surface area is 79.1 Å². The molecule has 3 N–H and O–H groups in total. The lowest BCUT2D eigenvalue weighted by atomic mass is 9.81. The zero-order chi connectivity index (χ0) is 9.26. The highest BCUT2D eigenvalue weighted by Crippen LogP contribution is 2.33. The molecule has 0 heterocycles. The average Bonchev–Trinajstić information content (AvgIpc) is 2.18. The van der Waals surface area contributed by atoms with Crippen molar-refractivity contribution < 1.29 is 0 Å². The van der Waals surface area contributed by atoms with E-state index in [-0.39, 0.29) is 0 Å². The van der Waals surface area contributed by atoms with Crippen LogP contribution in [0, 0.1) is 5.92 Å². The Kier molecular flexibility index (Phi) is 2.34. The molecule has 70 valence electrons. The fourth-order valence-corrected chi connectivity index (χ4v) is 2.18. The van der Waals surface area contributed by atoms with Gasteiger partial charge in [0.1, 0.15) is 0 Å². The molecule has 0 aliphatic heterocycles. The quantitative estimate of drug-likeness (QED) is 0.505. The molecule has 13 heavy (non-hydrogen) atoms. The molecule has 1 aliphatic rings. The van der Waals surface area contributed by atoms with E-state index < -0.39 is 0 Å². The van der Waals surface area contributed by atoms with Crippen molar-refractivity contribution in [2.45, 2.75) is 25.8 Å². The third kappa shape index (κ3) is 1.47. The van der Waals surface area contributed by atoms with E-state index in [1.807, 2.05) is 0 Å². The fourth-order valence-electron chi connectivity index (χ4n) is 2.18. The normalized spacial score (nSPS) is 26.9. The minimum atomic E-state index is 0.338. The monoisotopic (exact) mass is 176 g/mol. The van der Waals surface area contributed by atoms with Crippen LogP contribution in [0.15, 0.2) is 24.3 Å². The van der Waals surface area contributed by atoms with E-state index in [9.17, 15) is 0 Å². The second-order valence-electron chi connectivity index (χ2n) is 3.86. The molecular formula is C11H16N2. The summed E-state index contributed by atoms with van der Waals surface area (Å²) in [6.07, 6.45) is 2.42. The number of hydrogen-bond donors (Lipinski definition) is 2. The van der Waals surface area contributed by atoms with Crippen molar-refractivity contribution in [3.8, 4) is 0 Å². The maximum absolute atomic E-state index is 5.56. The molecule has 0 saturated carbocycles. The van der Waals surface area contributed by atoms with Gasteiger partial charge in [0.2, 0.25) is 0 Å². The van der Waals surface area contributed by atoms with Gasteiger partial charge < -0.3 is 0 Å². The second-order valence-corrected chi connectivity index (χ2v) is 3.86. The molecule has 2 heteroatoms. The molecule has 1 aliphatic carbocycles. The van der Waals surface area contributed by atoms with Crippen LogP contribution in [0.4, 0.5) is 0 Å². The van der Waals surface area contributed by atoms with Gasteiger partial charge in [-0.25, -0.2) is 0 Å². The molecule has 1 aromatic rings. The summed E-state index contributed by atoms with van der Waals surface area (Å²) in [5, 5.41) is 0. The summed E-state index contributed by atoms with van der Waals surface area (Å²) in [5.41, 5.74) is 5.74. The van der Waals surface area contributed by atoms with Crippen molar-refractivity contribution in [3.05, 3.63) is 35.4 Å². The molecular weight excluding hydrogens is 160 g/mol. The van der Waals surface area contributed by atoms with Crippen LogP contribution in [0.25, 0.3) is 0 Å². The Balaban J connectivity index is 2.39. The Bertz CT molecular complexity index is 296. The highest BCUT2D eigenvalue weighted by molar-refractivity contribution is 5.32. The van der Waals surface area contributed by atoms with Gasteiger partial charge in [0.15, 0.2) is 0 Å². The summed E-state index contributed by atoms with van der Waals surface area (Å²) in [7, 11) is 0. The van der Waals surface area contributed by atoms with Crippen LogP contribution < -0.4 is 11.3 Å². The predicted octanol–water partition coefficient (Wildman–Crippen LogP) is 1.77. The van der Waals surface area contributed by atoms with Crippen molar-refractivity contribution in [2.24, 2.45) is 11.8 Å². The van der Waals surface area contributed by atoms with Gasteiger partial charge in [-0.3, -0.25) is 11.3 Å². The van der Waals surface area contributed by atoms with Crippen LogP contribution in [0.2, 0.25) is 0 Å². The van der Waals surface area contributed by atoms with Crippen molar-refractivity contribution >= 4 is 0 Å². The number of hydrazine groups is 1. The summed E-state index contributed by atoms with van der Waals surface area (Å²) < 4.78 is 0. The van der Waals surface area contributed by atoms with E-state index in [1.165, 1.54) is 24.0 Å². The third-order valence-electron chi connectivity index (χ3n) is 3.01. The zero-order valence-electron chi connectivity index (χ0n) is 7.96. The van der Waals surface area contributed by atoms with Gasteiger partial charge in [0, 0.05) is 6.04 Å². The molecule has 2 nitrogen and oxygen atoms in total. The first-order valence-corrected chi connectivity index (χ1v) is 4.87. The molecule has 0 fully saturated rings. The van der Waals surface area contributed by atoms with Crippen molar-refractivity contribution in [2.75, 3.05) is 0 Å². The molecule has 2 rings (SSSR count). The van der Waals surface area contributed by atoms with Crippen molar-refractivity contribution in [1.82, 2.24) is 5.43 Å².